The predicted octanol–water partition coefficient (Wildman–Crippen LogP) is 2.75. The normalized spacial score (nSPS) is 12.3. The third-order valence-corrected chi connectivity index (χ3v) is 10.9. The summed E-state index contributed by atoms with van der Waals surface area (Å²) in [5.41, 5.74) is 0. The fourth-order valence-corrected chi connectivity index (χ4v) is 10.2. The fraction of sp³-hybridized carbons (Fsp3) is 0.750. The van der Waals surface area contributed by atoms with Crippen LogP contribution in [0.1, 0.15) is 55.4 Å². The molecule has 0 unspecified atom stereocenters. The van der Waals surface area contributed by atoms with Crippen molar-refractivity contribution < 1.29 is 43.2 Å². The van der Waals surface area contributed by atoms with Crippen LogP contribution in [0, 0.1) is 0 Å². The van der Waals surface area contributed by atoms with E-state index < -0.39 is 48.9 Å². The van der Waals surface area contributed by atoms with Crippen LogP contribution in [0.3, 0.4) is 0 Å². The summed E-state index contributed by atoms with van der Waals surface area (Å²) in [5.74, 6) is -1.70. The van der Waals surface area contributed by atoms with Crippen molar-refractivity contribution in [2.45, 2.75) is 76.0 Å². The standard InChI is InChI=1S/2C5H7O2.2C3H7O.Ti/c2*1-4(6)3-5(2)7;2*1-3(2)4;/h2*3H,1-2H3;2*3H,1-2H3;/q;;2*-1;+2. The van der Waals surface area contributed by atoms with Crippen molar-refractivity contribution in [1.29, 1.82) is 0 Å². The van der Waals surface area contributed by atoms with Crippen molar-refractivity contribution in [2.75, 3.05) is 0 Å². The van der Waals surface area contributed by atoms with Gasteiger partial charge in [-0.3, -0.25) is 0 Å². The van der Waals surface area contributed by atoms with Crippen LogP contribution < -0.4 is 0 Å². The molecule has 0 saturated heterocycles. The van der Waals surface area contributed by atoms with Gasteiger partial charge in [-0.1, -0.05) is 0 Å². The van der Waals surface area contributed by atoms with Crippen molar-refractivity contribution in [3.63, 3.8) is 0 Å². The molecule has 0 bridgehead atoms. The van der Waals surface area contributed by atoms with Gasteiger partial charge >= 0.3 is 142 Å². The second-order valence-corrected chi connectivity index (χ2v) is 11.2. The third kappa shape index (κ3) is 5.71. The fourth-order valence-electron chi connectivity index (χ4n) is 2.91. The Balaban J connectivity index is 6.57. The van der Waals surface area contributed by atoms with Crippen LogP contribution in [0.25, 0.3) is 0 Å². The zero-order chi connectivity index (χ0) is 18.5. The Morgan fingerprint density at radius 1 is 0.609 bits per heavy atom. The quantitative estimate of drug-likeness (QED) is 0.438. The molecule has 0 saturated carbocycles. The topological polar surface area (TPSA) is 86.7 Å². The Labute approximate surface area is 142 Å². The van der Waals surface area contributed by atoms with E-state index in [0.717, 1.165) is 0 Å². The second kappa shape index (κ2) is 8.97. The van der Waals surface area contributed by atoms with E-state index >= 15 is 0 Å². The minimum atomic E-state index is -4.50. The van der Waals surface area contributed by atoms with Gasteiger partial charge in [0.2, 0.25) is 0 Å². The molecule has 0 N–H and O–H groups in total. The predicted molar refractivity (Wildman–Crippen MR) is 82.7 cm³/mol. The van der Waals surface area contributed by atoms with Crippen LogP contribution in [0.4, 0.5) is 0 Å². The van der Waals surface area contributed by atoms with E-state index in [1.807, 2.05) is 0 Å². The summed E-state index contributed by atoms with van der Waals surface area (Å²) in [5, 5.41) is 0. The molecule has 0 aliphatic carbocycles. The number of hydrogen-bond donors (Lipinski definition) is 0. The maximum atomic E-state index is 12.2. The number of carbonyl (C=O) groups excluding carboxylic acids is 4. The molecule has 0 aromatic rings. The molecule has 23 heavy (non-hydrogen) atoms. The van der Waals surface area contributed by atoms with Crippen molar-refractivity contribution in [2.24, 2.45) is 0 Å². The number of carbonyl (C=O) groups is 4. The molecule has 0 radical (unpaired) electrons. The van der Waals surface area contributed by atoms with E-state index in [1.165, 1.54) is 27.7 Å². The summed E-state index contributed by atoms with van der Waals surface area (Å²) in [7, 11) is 0. The number of ketones is 4. The van der Waals surface area contributed by atoms with E-state index in [-0.39, 0.29) is 12.2 Å². The third-order valence-electron chi connectivity index (χ3n) is 3.27. The van der Waals surface area contributed by atoms with Gasteiger partial charge in [-0.25, -0.2) is 0 Å². The van der Waals surface area contributed by atoms with Crippen LogP contribution in [0.2, 0.25) is 8.45 Å². The molecule has 0 aliphatic heterocycles. The molecular formula is C16H28O6Ti. The summed E-state index contributed by atoms with van der Waals surface area (Å²) >= 11 is -4.50. The zero-order valence-corrected chi connectivity index (χ0v) is 16.8. The molecule has 0 aromatic heterocycles. The van der Waals surface area contributed by atoms with E-state index in [4.69, 9.17) is 6.64 Å². The summed E-state index contributed by atoms with van der Waals surface area (Å²) in [6.45, 7) is 12.0. The van der Waals surface area contributed by atoms with Crippen molar-refractivity contribution in [1.82, 2.24) is 0 Å². The molecule has 0 atom stereocenters. The zero-order valence-electron chi connectivity index (χ0n) is 15.3. The molecule has 132 valence electrons. The Kier molecular flexibility index (Phi) is 8.70. The number of hydrogen-bond acceptors (Lipinski definition) is 6. The first-order valence-electron chi connectivity index (χ1n) is 7.74. The summed E-state index contributed by atoms with van der Waals surface area (Å²) < 4.78 is 9.66. The Hall–Kier alpha value is -0.686. The Morgan fingerprint density at radius 2 is 0.826 bits per heavy atom. The van der Waals surface area contributed by atoms with Crippen LogP contribution in [-0.2, 0) is 43.2 Å². The molecule has 0 amide bonds. The number of Topliss-reactive ketones (excluding diaryl/α,β-unsaturated/α-hetero) is 4. The van der Waals surface area contributed by atoms with Crippen molar-refractivity contribution in [3.8, 4) is 0 Å². The van der Waals surface area contributed by atoms with Gasteiger partial charge in [0.15, 0.2) is 0 Å². The molecule has 0 rings (SSSR count). The van der Waals surface area contributed by atoms with E-state index in [0.29, 0.717) is 0 Å². The average Bonchev–Trinajstić information content (AvgIpc) is 2.22. The van der Waals surface area contributed by atoms with Gasteiger partial charge < -0.3 is 0 Å². The van der Waals surface area contributed by atoms with Gasteiger partial charge in [-0.05, 0) is 0 Å². The molecule has 0 aliphatic rings. The Morgan fingerprint density at radius 3 is 0.957 bits per heavy atom. The minimum absolute atomic E-state index is 0.379. The summed E-state index contributed by atoms with van der Waals surface area (Å²) in [6.07, 6.45) is -0.757. The van der Waals surface area contributed by atoms with Gasteiger partial charge in [-0.2, -0.15) is 0 Å². The molecule has 0 spiro atoms. The van der Waals surface area contributed by atoms with E-state index in [1.54, 1.807) is 27.7 Å². The maximum absolute atomic E-state index is 12.2. The monoisotopic (exact) mass is 364 g/mol. The van der Waals surface area contributed by atoms with Gasteiger partial charge in [0, 0.05) is 0 Å². The number of rotatable bonds is 10. The molecule has 0 fully saturated rings. The Bertz CT molecular complexity index is 411. The van der Waals surface area contributed by atoms with Gasteiger partial charge in [0.25, 0.3) is 0 Å². The first-order valence-corrected chi connectivity index (χ1v) is 10.8. The molecule has 6 nitrogen and oxygen atoms in total. The summed E-state index contributed by atoms with van der Waals surface area (Å²) in [6, 6.07) is 0. The van der Waals surface area contributed by atoms with E-state index in [2.05, 4.69) is 0 Å². The summed E-state index contributed by atoms with van der Waals surface area (Å²) in [4.78, 5) is 48.8. The average molecular weight is 364 g/mol. The van der Waals surface area contributed by atoms with Crippen LogP contribution >= 0.6 is 0 Å². The molecule has 0 aromatic carbocycles. The first kappa shape index (κ1) is 22.3. The molecule has 7 heteroatoms. The van der Waals surface area contributed by atoms with Crippen LogP contribution in [0.5, 0.6) is 0 Å². The van der Waals surface area contributed by atoms with Crippen LogP contribution in [-0.4, -0.2) is 35.3 Å². The van der Waals surface area contributed by atoms with Gasteiger partial charge in [-0.15, -0.1) is 0 Å². The van der Waals surface area contributed by atoms with Crippen molar-refractivity contribution in [3.05, 3.63) is 0 Å². The molecular weight excluding hydrogens is 336 g/mol. The van der Waals surface area contributed by atoms with Gasteiger partial charge in [0.05, 0.1) is 0 Å². The second-order valence-electron chi connectivity index (χ2n) is 6.36. The first-order chi connectivity index (χ1) is 10.4. The SMILES string of the molecule is CC(=O)[CH](C(C)=O)[Ti]([O]C(C)C)([O]C(C)C)[CH](C(C)=O)C(C)=O. The molecule has 0 heterocycles. The van der Waals surface area contributed by atoms with Crippen LogP contribution in [0.15, 0.2) is 0 Å². The van der Waals surface area contributed by atoms with Crippen molar-refractivity contribution >= 4 is 23.1 Å². The van der Waals surface area contributed by atoms with Gasteiger partial charge in [0.1, 0.15) is 0 Å². The van der Waals surface area contributed by atoms with E-state index in [9.17, 15) is 19.2 Å².